The molecule has 168 valence electrons. The summed E-state index contributed by atoms with van der Waals surface area (Å²) in [5, 5.41) is 5.60. The molecule has 0 aliphatic rings. The minimum absolute atomic E-state index is 0.243. The molecule has 0 bridgehead atoms. The van der Waals surface area contributed by atoms with Crippen LogP contribution in [0.4, 0.5) is 0 Å². The molecule has 0 unspecified atom stereocenters. The average Bonchev–Trinajstić information content (AvgIpc) is 2.81. The topological polar surface area (TPSA) is 30.1 Å². The van der Waals surface area contributed by atoms with Gasteiger partial charge in [0.1, 0.15) is 6.33 Å². The van der Waals surface area contributed by atoms with E-state index in [0.717, 1.165) is 50.3 Å². The van der Waals surface area contributed by atoms with Crippen molar-refractivity contribution in [1.82, 2.24) is 9.97 Å². The van der Waals surface area contributed by atoms with Gasteiger partial charge in [0, 0.05) is 35.7 Å². The molecule has 0 atom stereocenters. The van der Waals surface area contributed by atoms with E-state index < -0.39 is 5.54 Å². The highest BCUT2D eigenvalue weighted by Gasteiger charge is 2.29. The van der Waals surface area contributed by atoms with Crippen LogP contribution < -0.4 is 0 Å². The molecule has 0 N–H and O–H groups in total. The van der Waals surface area contributed by atoms with Crippen molar-refractivity contribution in [3.05, 3.63) is 95.6 Å². The summed E-state index contributed by atoms with van der Waals surface area (Å²) in [6.07, 6.45) is 2.70. The van der Waals surface area contributed by atoms with Gasteiger partial charge < -0.3 is 4.85 Å². The van der Waals surface area contributed by atoms with Crippen molar-refractivity contribution in [1.29, 1.82) is 0 Å². The summed E-state index contributed by atoms with van der Waals surface area (Å²) in [4.78, 5) is 13.3. The summed E-state index contributed by atoms with van der Waals surface area (Å²) in [5.74, 6) is 0. The fourth-order valence-corrected chi connectivity index (χ4v) is 4.87. The van der Waals surface area contributed by atoms with Crippen LogP contribution in [0, 0.1) is 12.0 Å². The number of benzene rings is 4. The second kappa shape index (κ2) is 7.92. The van der Waals surface area contributed by atoms with Crippen LogP contribution in [0.25, 0.3) is 48.6 Å². The van der Waals surface area contributed by atoms with Crippen LogP contribution in [0.3, 0.4) is 0 Å². The quantitative estimate of drug-likeness (QED) is 0.207. The van der Waals surface area contributed by atoms with Gasteiger partial charge in [-0.05, 0) is 51.8 Å². The molecular formula is C31H29N3. The highest BCUT2D eigenvalue weighted by atomic mass is 14.8. The second-order valence-corrected chi connectivity index (χ2v) is 10.9. The number of rotatable bonds is 3. The molecule has 3 heteroatoms. The summed E-state index contributed by atoms with van der Waals surface area (Å²) in [7, 11) is 0. The second-order valence-electron chi connectivity index (χ2n) is 10.9. The van der Waals surface area contributed by atoms with Crippen LogP contribution in [0.2, 0.25) is 0 Å². The SMILES string of the molecule is [C-]#[N+]C(C)(C)c1cc(-c2ncnc3c2ccc2cc(CC(C)(C)C)ccc23)cc2ccccc12. The van der Waals surface area contributed by atoms with Crippen LogP contribution in [0.5, 0.6) is 0 Å². The molecule has 0 aliphatic heterocycles. The van der Waals surface area contributed by atoms with Crippen molar-refractivity contribution < 1.29 is 0 Å². The minimum Gasteiger partial charge on any atom is -0.306 e. The van der Waals surface area contributed by atoms with Gasteiger partial charge in [0.15, 0.2) is 0 Å². The van der Waals surface area contributed by atoms with E-state index >= 15 is 0 Å². The van der Waals surface area contributed by atoms with Crippen molar-refractivity contribution in [2.24, 2.45) is 5.41 Å². The third-order valence-electron chi connectivity index (χ3n) is 6.49. The molecule has 1 aromatic heterocycles. The molecule has 0 saturated heterocycles. The van der Waals surface area contributed by atoms with E-state index in [2.05, 4.69) is 85.2 Å². The Morgan fingerprint density at radius 2 is 1.50 bits per heavy atom. The molecule has 0 radical (unpaired) electrons. The smallest absolute Gasteiger partial charge is 0.252 e. The summed E-state index contributed by atoms with van der Waals surface area (Å²) < 4.78 is 0. The molecule has 34 heavy (non-hydrogen) atoms. The normalized spacial score (nSPS) is 12.4. The number of nitrogens with zero attached hydrogens (tertiary/aromatic N) is 3. The van der Waals surface area contributed by atoms with Gasteiger partial charge >= 0.3 is 0 Å². The Hall–Kier alpha value is -3.77. The van der Waals surface area contributed by atoms with Gasteiger partial charge in [0.2, 0.25) is 0 Å². The molecule has 0 spiro atoms. The van der Waals surface area contributed by atoms with Crippen LogP contribution in [-0.4, -0.2) is 9.97 Å². The molecule has 0 saturated carbocycles. The zero-order chi connectivity index (χ0) is 24.1. The first kappa shape index (κ1) is 22.0. The van der Waals surface area contributed by atoms with Crippen molar-refractivity contribution in [3.63, 3.8) is 0 Å². The van der Waals surface area contributed by atoms with Gasteiger partial charge in [0.05, 0.1) is 11.2 Å². The van der Waals surface area contributed by atoms with E-state index in [4.69, 9.17) is 11.6 Å². The Kier molecular flexibility index (Phi) is 5.14. The van der Waals surface area contributed by atoms with Crippen LogP contribution in [0.15, 0.2) is 73.1 Å². The number of hydrogen-bond acceptors (Lipinski definition) is 2. The van der Waals surface area contributed by atoms with Crippen molar-refractivity contribution in [2.75, 3.05) is 0 Å². The van der Waals surface area contributed by atoms with Crippen LogP contribution >= 0.6 is 0 Å². The largest absolute Gasteiger partial charge is 0.306 e. The summed E-state index contributed by atoms with van der Waals surface area (Å²) >= 11 is 0. The van der Waals surface area contributed by atoms with E-state index in [0.29, 0.717) is 0 Å². The van der Waals surface area contributed by atoms with Gasteiger partial charge in [-0.15, -0.1) is 0 Å². The number of fused-ring (bicyclic) bond motifs is 4. The zero-order valence-electron chi connectivity index (χ0n) is 20.5. The Morgan fingerprint density at radius 1 is 0.765 bits per heavy atom. The molecule has 0 amide bonds. The molecule has 1 heterocycles. The first-order valence-corrected chi connectivity index (χ1v) is 11.7. The lowest BCUT2D eigenvalue weighted by molar-refractivity contribution is 0.411. The Labute approximate surface area is 201 Å². The minimum atomic E-state index is -0.630. The van der Waals surface area contributed by atoms with E-state index in [1.165, 1.54) is 10.9 Å². The Bertz CT molecular complexity index is 1600. The zero-order valence-corrected chi connectivity index (χ0v) is 20.5. The summed E-state index contributed by atoms with van der Waals surface area (Å²) in [5.41, 5.74) is 4.86. The molecule has 0 fully saturated rings. The van der Waals surface area contributed by atoms with Gasteiger partial charge in [-0.3, -0.25) is 0 Å². The molecule has 5 rings (SSSR count). The van der Waals surface area contributed by atoms with Crippen LogP contribution in [-0.2, 0) is 12.0 Å². The number of hydrogen-bond donors (Lipinski definition) is 0. The third-order valence-corrected chi connectivity index (χ3v) is 6.49. The standard InChI is InChI=1S/C31H29N3/c1-30(2,3)18-20-11-13-25-22(15-20)12-14-26-28(33-19-34-29(25)26)23-16-21-9-7-8-10-24(21)27(17-23)31(4,5)32-6/h7-17,19H,18H2,1-5H3. The fourth-order valence-electron chi connectivity index (χ4n) is 4.87. The first-order chi connectivity index (χ1) is 16.2. The van der Waals surface area contributed by atoms with Gasteiger partial charge in [-0.25, -0.2) is 16.5 Å². The van der Waals surface area contributed by atoms with Gasteiger partial charge in [0.25, 0.3) is 5.54 Å². The lowest BCUT2D eigenvalue weighted by atomic mass is 9.87. The highest BCUT2D eigenvalue weighted by Crippen LogP contribution is 2.38. The number of aromatic nitrogens is 2. The van der Waals surface area contributed by atoms with Crippen molar-refractivity contribution in [3.8, 4) is 11.3 Å². The third kappa shape index (κ3) is 3.90. The van der Waals surface area contributed by atoms with E-state index in [1.54, 1.807) is 6.33 Å². The summed E-state index contributed by atoms with van der Waals surface area (Å²) in [6, 6.07) is 23.6. The molecule has 5 aromatic rings. The lowest BCUT2D eigenvalue weighted by Gasteiger charge is -2.19. The highest BCUT2D eigenvalue weighted by molar-refractivity contribution is 6.09. The Balaban J connectivity index is 1.73. The monoisotopic (exact) mass is 443 g/mol. The average molecular weight is 444 g/mol. The van der Waals surface area contributed by atoms with Gasteiger partial charge in [-0.2, -0.15) is 0 Å². The maximum absolute atomic E-state index is 7.79. The first-order valence-electron chi connectivity index (χ1n) is 11.7. The maximum Gasteiger partial charge on any atom is 0.252 e. The van der Waals surface area contributed by atoms with Crippen molar-refractivity contribution in [2.45, 2.75) is 46.6 Å². The predicted molar refractivity (Wildman–Crippen MR) is 143 cm³/mol. The predicted octanol–water partition coefficient (Wildman–Crippen LogP) is 8.35. The van der Waals surface area contributed by atoms with E-state index in [9.17, 15) is 0 Å². The summed E-state index contributed by atoms with van der Waals surface area (Å²) in [6.45, 7) is 18.5. The maximum atomic E-state index is 7.79. The van der Waals surface area contributed by atoms with Crippen molar-refractivity contribution >= 4 is 32.4 Å². The molecular weight excluding hydrogens is 414 g/mol. The molecule has 0 aliphatic carbocycles. The van der Waals surface area contributed by atoms with E-state index in [-0.39, 0.29) is 5.41 Å². The van der Waals surface area contributed by atoms with Crippen LogP contribution in [0.1, 0.15) is 45.7 Å². The molecule has 3 nitrogen and oxygen atoms in total. The fraction of sp³-hybridized carbons (Fsp3) is 0.258. The Morgan fingerprint density at radius 3 is 2.26 bits per heavy atom. The van der Waals surface area contributed by atoms with E-state index in [1.807, 2.05) is 26.0 Å². The molecule has 4 aromatic carbocycles. The lowest BCUT2D eigenvalue weighted by Crippen LogP contribution is -2.12. The van der Waals surface area contributed by atoms with Gasteiger partial charge in [-0.1, -0.05) is 69.3 Å².